The Labute approximate surface area is 186 Å². The molecule has 0 aliphatic carbocycles. The van der Waals surface area contributed by atoms with E-state index in [1.807, 2.05) is 42.0 Å². The Balaban J connectivity index is 1.99. The van der Waals surface area contributed by atoms with Gasteiger partial charge in [-0.05, 0) is 31.0 Å². The van der Waals surface area contributed by atoms with Gasteiger partial charge in [-0.25, -0.2) is 4.98 Å². The Morgan fingerprint density at radius 2 is 2.00 bits per heavy atom. The van der Waals surface area contributed by atoms with Gasteiger partial charge in [-0.3, -0.25) is 9.59 Å². The number of hydrogen-bond acceptors (Lipinski definition) is 5. The summed E-state index contributed by atoms with van der Waals surface area (Å²) >= 11 is 1.55. The van der Waals surface area contributed by atoms with Gasteiger partial charge >= 0.3 is 5.97 Å². The summed E-state index contributed by atoms with van der Waals surface area (Å²) in [4.78, 5) is 30.4. The van der Waals surface area contributed by atoms with Crippen LogP contribution in [0.3, 0.4) is 0 Å². The van der Waals surface area contributed by atoms with Crippen molar-refractivity contribution in [2.75, 3.05) is 0 Å². The number of pyridine rings is 1. The Hall–Kier alpha value is -2.67. The molecule has 3 rings (SSSR count). The van der Waals surface area contributed by atoms with Crippen LogP contribution in [0.2, 0.25) is 0 Å². The number of aliphatic carboxylic acids is 1. The molecule has 3 heterocycles. The number of thiazole rings is 1. The fourth-order valence-electron chi connectivity index (χ4n) is 3.82. The molecule has 0 saturated carbocycles. The third-order valence-corrected chi connectivity index (χ3v) is 6.37. The molecule has 1 unspecified atom stereocenters. The van der Waals surface area contributed by atoms with Gasteiger partial charge in [-0.2, -0.15) is 0 Å². The standard InChI is InChI=1S/C24H30N2O4S/c1-6-7-9-24(22(28)29,21(27)23(3,4)5)17-11-18-12-19(8-10-26(18)13-17)30-14-20-25-16(2)15-31-20/h8,10-13,15H,6-7,9,14H2,1-5H3,(H,28,29). The van der Waals surface area contributed by atoms with Crippen LogP contribution in [0.1, 0.15) is 63.2 Å². The highest BCUT2D eigenvalue weighted by atomic mass is 32.1. The number of aryl methyl sites for hydroxylation is 1. The molecule has 0 spiro atoms. The average Bonchev–Trinajstić information content (AvgIpc) is 3.31. The van der Waals surface area contributed by atoms with Crippen molar-refractivity contribution in [3.63, 3.8) is 0 Å². The highest BCUT2D eigenvalue weighted by molar-refractivity contribution is 7.09. The quantitative estimate of drug-likeness (QED) is 0.448. The van der Waals surface area contributed by atoms with Gasteiger partial charge in [0.2, 0.25) is 0 Å². The van der Waals surface area contributed by atoms with Crippen LogP contribution >= 0.6 is 11.3 Å². The van der Waals surface area contributed by atoms with Crippen molar-refractivity contribution in [2.24, 2.45) is 5.41 Å². The normalized spacial score (nSPS) is 13.8. The number of hydrogen-bond donors (Lipinski definition) is 1. The van der Waals surface area contributed by atoms with E-state index in [0.717, 1.165) is 22.6 Å². The molecule has 0 aliphatic heterocycles. The molecule has 0 fully saturated rings. The summed E-state index contributed by atoms with van der Waals surface area (Å²) in [5.74, 6) is -0.693. The van der Waals surface area contributed by atoms with Crippen LogP contribution in [0.25, 0.3) is 5.52 Å². The molecule has 0 amide bonds. The first-order valence-corrected chi connectivity index (χ1v) is 11.4. The number of fused-ring (bicyclic) bond motifs is 1. The molecule has 0 aromatic carbocycles. The monoisotopic (exact) mass is 442 g/mol. The number of nitrogens with zero attached hydrogens (tertiary/aromatic N) is 2. The second-order valence-electron chi connectivity index (χ2n) is 8.99. The molecule has 3 aromatic rings. The largest absolute Gasteiger partial charge is 0.486 e. The van der Waals surface area contributed by atoms with Crippen LogP contribution in [-0.2, 0) is 21.6 Å². The first kappa shape index (κ1) is 23.0. The third-order valence-electron chi connectivity index (χ3n) is 5.43. The SMILES string of the molecule is CCCCC(C(=O)O)(C(=O)C(C)(C)C)c1cc2cc(OCc3nc(C)cs3)ccn2c1. The van der Waals surface area contributed by atoms with Crippen LogP contribution in [0.5, 0.6) is 5.75 Å². The van der Waals surface area contributed by atoms with Crippen LogP contribution < -0.4 is 4.74 Å². The predicted octanol–water partition coefficient (Wildman–Crippen LogP) is 5.41. The zero-order chi connectivity index (χ0) is 22.8. The van der Waals surface area contributed by atoms with Gasteiger partial charge in [-0.15, -0.1) is 11.3 Å². The molecule has 0 saturated heterocycles. The van der Waals surface area contributed by atoms with Crippen molar-refractivity contribution in [2.45, 2.75) is 65.9 Å². The molecule has 3 aromatic heterocycles. The lowest BCUT2D eigenvalue weighted by Crippen LogP contribution is -2.49. The number of Topliss-reactive ketones (excluding diaryl/α,β-unsaturated/α-hetero) is 1. The van der Waals surface area contributed by atoms with E-state index < -0.39 is 16.8 Å². The zero-order valence-electron chi connectivity index (χ0n) is 18.8. The van der Waals surface area contributed by atoms with E-state index in [2.05, 4.69) is 4.98 Å². The molecule has 1 N–H and O–H groups in total. The van der Waals surface area contributed by atoms with Crippen molar-refractivity contribution >= 4 is 28.6 Å². The third kappa shape index (κ3) is 4.66. The van der Waals surface area contributed by atoms with Crippen molar-refractivity contribution < 1.29 is 19.4 Å². The molecule has 7 heteroatoms. The molecule has 31 heavy (non-hydrogen) atoms. The van der Waals surface area contributed by atoms with E-state index in [4.69, 9.17) is 4.74 Å². The maximum Gasteiger partial charge on any atom is 0.321 e. The number of ketones is 1. The summed E-state index contributed by atoms with van der Waals surface area (Å²) in [5, 5.41) is 13.1. The predicted molar refractivity (Wildman–Crippen MR) is 122 cm³/mol. The van der Waals surface area contributed by atoms with Crippen molar-refractivity contribution in [3.05, 3.63) is 52.2 Å². The van der Waals surface area contributed by atoms with E-state index in [1.54, 1.807) is 44.4 Å². The van der Waals surface area contributed by atoms with Crippen molar-refractivity contribution in [1.82, 2.24) is 9.38 Å². The van der Waals surface area contributed by atoms with Gasteiger partial charge < -0.3 is 14.2 Å². The van der Waals surface area contributed by atoms with Gasteiger partial charge in [0.25, 0.3) is 0 Å². The minimum absolute atomic E-state index is 0.271. The number of carbonyl (C=O) groups excluding carboxylic acids is 1. The Bertz CT molecular complexity index is 1090. The fraction of sp³-hybridized carbons (Fsp3) is 0.458. The lowest BCUT2D eigenvalue weighted by molar-refractivity contribution is -0.152. The number of ether oxygens (including phenoxy) is 1. The average molecular weight is 443 g/mol. The first-order valence-electron chi connectivity index (χ1n) is 10.5. The summed E-state index contributed by atoms with van der Waals surface area (Å²) in [6, 6.07) is 5.49. The van der Waals surface area contributed by atoms with Gasteiger partial charge in [-0.1, -0.05) is 40.5 Å². The lowest BCUT2D eigenvalue weighted by Gasteiger charge is -2.33. The molecule has 166 valence electrons. The van der Waals surface area contributed by atoms with Gasteiger partial charge in [0.1, 0.15) is 17.4 Å². The second-order valence-corrected chi connectivity index (χ2v) is 9.93. The number of carbonyl (C=O) groups is 2. The Morgan fingerprint density at radius 1 is 1.26 bits per heavy atom. The smallest absolute Gasteiger partial charge is 0.321 e. The van der Waals surface area contributed by atoms with E-state index in [1.165, 1.54) is 0 Å². The van der Waals surface area contributed by atoms with E-state index in [-0.39, 0.29) is 12.2 Å². The minimum Gasteiger partial charge on any atom is -0.486 e. The maximum absolute atomic E-state index is 13.4. The summed E-state index contributed by atoms with van der Waals surface area (Å²) in [5.41, 5.74) is -0.0799. The van der Waals surface area contributed by atoms with Crippen LogP contribution in [-0.4, -0.2) is 26.2 Å². The Morgan fingerprint density at radius 3 is 2.58 bits per heavy atom. The maximum atomic E-state index is 13.4. The fourth-order valence-corrected chi connectivity index (χ4v) is 4.51. The van der Waals surface area contributed by atoms with E-state index in [0.29, 0.717) is 24.3 Å². The summed E-state index contributed by atoms with van der Waals surface area (Å²) in [7, 11) is 0. The summed E-state index contributed by atoms with van der Waals surface area (Å²) in [6.45, 7) is 9.65. The van der Waals surface area contributed by atoms with Gasteiger partial charge in [0.05, 0.1) is 0 Å². The molecule has 6 nitrogen and oxygen atoms in total. The van der Waals surface area contributed by atoms with Crippen molar-refractivity contribution in [3.8, 4) is 5.75 Å². The Kier molecular flexibility index (Phi) is 6.55. The second kappa shape index (κ2) is 8.83. The topological polar surface area (TPSA) is 80.9 Å². The molecule has 0 bridgehead atoms. The van der Waals surface area contributed by atoms with Gasteiger partial charge in [0.15, 0.2) is 11.2 Å². The number of unbranched alkanes of at least 4 members (excludes halogenated alkanes) is 1. The van der Waals surface area contributed by atoms with Crippen LogP contribution in [0.15, 0.2) is 36.0 Å². The highest BCUT2D eigenvalue weighted by Crippen LogP contribution is 2.39. The summed E-state index contributed by atoms with van der Waals surface area (Å²) in [6.07, 6.45) is 5.33. The number of rotatable bonds is 9. The number of aromatic nitrogens is 2. The van der Waals surface area contributed by atoms with Crippen LogP contribution in [0, 0.1) is 12.3 Å². The molecule has 0 aliphatic rings. The first-order chi connectivity index (χ1) is 14.6. The molecular formula is C24H30N2O4S. The highest BCUT2D eigenvalue weighted by Gasteiger charge is 2.51. The molecule has 1 atom stereocenters. The zero-order valence-corrected chi connectivity index (χ0v) is 19.6. The number of carboxylic acids is 1. The van der Waals surface area contributed by atoms with Crippen molar-refractivity contribution in [1.29, 1.82) is 0 Å². The van der Waals surface area contributed by atoms with E-state index >= 15 is 0 Å². The molecular weight excluding hydrogens is 412 g/mol. The van der Waals surface area contributed by atoms with Gasteiger partial charge in [0, 0.05) is 40.5 Å². The van der Waals surface area contributed by atoms with Crippen LogP contribution in [0.4, 0.5) is 0 Å². The minimum atomic E-state index is -1.57. The number of carboxylic acid groups (broad SMARTS) is 1. The molecule has 0 radical (unpaired) electrons. The lowest BCUT2D eigenvalue weighted by atomic mass is 9.66. The summed E-state index contributed by atoms with van der Waals surface area (Å²) < 4.78 is 7.72. The van der Waals surface area contributed by atoms with E-state index in [9.17, 15) is 14.7 Å².